The van der Waals surface area contributed by atoms with Crippen molar-refractivity contribution in [1.29, 1.82) is 0 Å². The fourth-order valence-corrected chi connectivity index (χ4v) is 2.65. The van der Waals surface area contributed by atoms with E-state index in [9.17, 15) is 17.6 Å². The topological polar surface area (TPSA) is 146 Å². The van der Waals surface area contributed by atoms with Gasteiger partial charge in [-0.3, -0.25) is 4.79 Å². The van der Waals surface area contributed by atoms with E-state index < -0.39 is 21.7 Å². The number of nitrogens with zero attached hydrogens (tertiary/aromatic N) is 3. The monoisotopic (exact) mass is 376 g/mol. The number of carbonyl (C=O) groups is 1. The molecule has 0 aliphatic heterocycles. The number of benzene rings is 2. The van der Waals surface area contributed by atoms with Gasteiger partial charge in [0.2, 0.25) is 21.9 Å². The number of hydrogen-bond donors (Lipinski definition) is 3. The molecule has 3 rings (SSSR count). The maximum Gasteiger partial charge on any atom is 0.284 e. The SMILES string of the molecule is Nc1nc(Nc2ccc(S(N)(=O)=O)cc2)nn1C(=O)c1ccccc1F. The van der Waals surface area contributed by atoms with Gasteiger partial charge in [-0.15, -0.1) is 5.10 Å². The number of rotatable bonds is 4. The Balaban J connectivity index is 1.85. The van der Waals surface area contributed by atoms with Crippen LogP contribution in [0.15, 0.2) is 53.4 Å². The molecule has 0 spiro atoms. The normalized spacial score (nSPS) is 11.3. The summed E-state index contributed by atoms with van der Waals surface area (Å²) < 4.78 is 37.0. The minimum Gasteiger partial charge on any atom is -0.368 e. The van der Waals surface area contributed by atoms with Crippen LogP contribution in [-0.2, 0) is 10.0 Å². The first kappa shape index (κ1) is 17.5. The minimum atomic E-state index is -3.80. The Morgan fingerprint density at radius 3 is 2.38 bits per heavy atom. The molecule has 3 aromatic rings. The molecule has 26 heavy (non-hydrogen) atoms. The highest BCUT2D eigenvalue weighted by Gasteiger charge is 2.19. The van der Waals surface area contributed by atoms with Gasteiger partial charge in [0, 0.05) is 5.69 Å². The molecule has 0 atom stereocenters. The number of halogens is 1. The Morgan fingerprint density at radius 1 is 1.12 bits per heavy atom. The standard InChI is InChI=1S/C15H13FN6O3S/c16-12-4-2-1-3-11(12)13(23)22-14(17)20-15(21-22)19-9-5-7-10(8-6-9)26(18,24)25/h1-8H,(H2,18,24,25)(H3,17,19,20,21). The van der Waals surface area contributed by atoms with E-state index in [1.807, 2.05) is 0 Å². The van der Waals surface area contributed by atoms with E-state index in [4.69, 9.17) is 10.9 Å². The van der Waals surface area contributed by atoms with Crippen molar-refractivity contribution in [2.75, 3.05) is 11.1 Å². The summed E-state index contributed by atoms with van der Waals surface area (Å²) in [5.74, 6) is -1.73. The lowest BCUT2D eigenvalue weighted by atomic mass is 10.2. The lowest BCUT2D eigenvalue weighted by Crippen LogP contribution is -2.17. The summed E-state index contributed by atoms with van der Waals surface area (Å²) in [6, 6.07) is 10.9. The quantitative estimate of drug-likeness (QED) is 0.617. The lowest BCUT2D eigenvalue weighted by Gasteiger charge is -2.03. The fraction of sp³-hybridized carbons (Fsp3) is 0. The van der Waals surface area contributed by atoms with Crippen LogP contribution < -0.4 is 16.2 Å². The Kier molecular flexibility index (Phi) is 4.40. The number of hydrogen-bond acceptors (Lipinski definition) is 7. The van der Waals surface area contributed by atoms with Crippen molar-refractivity contribution in [3.8, 4) is 0 Å². The van der Waals surface area contributed by atoms with E-state index in [1.54, 1.807) is 0 Å². The van der Waals surface area contributed by atoms with Crippen molar-refractivity contribution < 1.29 is 17.6 Å². The molecule has 0 radical (unpaired) electrons. The van der Waals surface area contributed by atoms with Gasteiger partial charge in [0.15, 0.2) is 0 Å². The maximum atomic E-state index is 13.7. The summed E-state index contributed by atoms with van der Waals surface area (Å²) in [6.45, 7) is 0. The maximum absolute atomic E-state index is 13.7. The molecule has 2 aromatic carbocycles. The van der Waals surface area contributed by atoms with Crippen molar-refractivity contribution in [3.05, 3.63) is 59.9 Å². The van der Waals surface area contributed by atoms with Crippen LogP contribution in [0.2, 0.25) is 0 Å². The Bertz CT molecular complexity index is 1080. The summed E-state index contributed by atoms with van der Waals surface area (Å²) >= 11 is 0. The zero-order valence-corrected chi connectivity index (χ0v) is 13.9. The second-order valence-corrected chi connectivity index (χ2v) is 6.75. The highest BCUT2D eigenvalue weighted by Crippen LogP contribution is 2.18. The lowest BCUT2D eigenvalue weighted by molar-refractivity contribution is 0.0944. The largest absolute Gasteiger partial charge is 0.368 e. The van der Waals surface area contributed by atoms with Crippen molar-refractivity contribution in [3.63, 3.8) is 0 Å². The molecule has 0 unspecified atom stereocenters. The van der Waals surface area contributed by atoms with Gasteiger partial charge in [-0.2, -0.15) is 9.67 Å². The van der Waals surface area contributed by atoms with Crippen LogP contribution in [0.5, 0.6) is 0 Å². The first-order chi connectivity index (χ1) is 12.3. The van der Waals surface area contributed by atoms with E-state index >= 15 is 0 Å². The van der Waals surface area contributed by atoms with Crippen LogP contribution in [0.4, 0.5) is 22.0 Å². The molecule has 0 fully saturated rings. The molecule has 0 bridgehead atoms. The fourth-order valence-electron chi connectivity index (χ4n) is 2.13. The van der Waals surface area contributed by atoms with E-state index in [1.165, 1.54) is 42.5 Å². The number of anilines is 3. The van der Waals surface area contributed by atoms with Gasteiger partial charge >= 0.3 is 0 Å². The average Bonchev–Trinajstić information content (AvgIpc) is 2.94. The van der Waals surface area contributed by atoms with Crippen LogP contribution >= 0.6 is 0 Å². The van der Waals surface area contributed by atoms with Crippen molar-refractivity contribution in [2.24, 2.45) is 5.14 Å². The predicted octanol–water partition coefficient (Wildman–Crippen LogP) is 1.08. The third-order valence-electron chi connectivity index (χ3n) is 3.37. The van der Waals surface area contributed by atoms with Gasteiger partial charge in [0.05, 0.1) is 10.5 Å². The minimum absolute atomic E-state index is 0.0180. The smallest absolute Gasteiger partial charge is 0.284 e. The summed E-state index contributed by atoms with van der Waals surface area (Å²) in [7, 11) is -3.80. The molecule has 0 aliphatic rings. The molecular weight excluding hydrogens is 363 g/mol. The number of carbonyl (C=O) groups excluding carboxylic acids is 1. The summed E-state index contributed by atoms with van der Waals surface area (Å²) in [5, 5.41) is 11.7. The molecule has 0 aliphatic carbocycles. The molecule has 0 saturated carbocycles. The van der Waals surface area contributed by atoms with Gasteiger partial charge in [-0.1, -0.05) is 12.1 Å². The van der Waals surface area contributed by atoms with Crippen molar-refractivity contribution in [1.82, 2.24) is 14.8 Å². The first-order valence-corrected chi connectivity index (χ1v) is 8.72. The molecule has 0 saturated heterocycles. The van der Waals surface area contributed by atoms with Gasteiger partial charge < -0.3 is 11.1 Å². The van der Waals surface area contributed by atoms with Crippen molar-refractivity contribution >= 4 is 33.5 Å². The van der Waals surface area contributed by atoms with E-state index in [-0.39, 0.29) is 22.4 Å². The van der Waals surface area contributed by atoms with Crippen molar-refractivity contribution in [2.45, 2.75) is 4.90 Å². The number of aromatic nitrogens is 3. The second kappa shape index (κ2) is 6.54. The summed E-state index contributed by atoms with van der Waals surface area (Å²) in [4.78, 5) is 16.2. The highest BCUT2D eigenvalue weighted by atomic mass is 32.2. The van der Waals surface area contributed by atoms with Crippen LogP contribution in [0.25, 0.3) is 0 Å². The molecular formula is C15H13FN6O3S. The van der Waals surface area contributed by atoms with Gasteiger partial charge in [0.25, 0.3) is 5.91 Å². The number of nitrogen functional groups attached to an aromatic ring is 1. The average molecular weight is 376 g/mol. The molecule has 5 N–H and O–H groups in total. The zero-order valence-electron chi connectivity index (χ0n) is 13.1. The van der Waals surface area contributed by atoms with E-state index in [0.717, 1.165) is 10.7 Å². The van der Waals surface area contributed by atoms with Crippen LogP contribution in [0.1, 0.15) is 10.4 Å². The first-order valence-electron chi connectivity index (χ1n) is 7.17. The van der Waals surface area contributed by atoms with E-state index in [0.29, 0.717) is 5.69 Å². The zero-order chi connectivity index (χ0) is 18.9. The Hall–Kier alpha value is -3.31. The van der Waals surface area contributed by atoms with Crippen LogP contribution in [0.3, 0.4) is 0 Å². The van der Waals surface area contributed by atoms with Gasteiger partial charge in [0.1, 0.15) is 5.82 Å². The number of primary sulfonamides is 1. The predicted molar refractivity (Wildman–Crippen MR) is 91.7 cm³/mol. The highest BCUT2D eigenvalue weighted by molar-refractivity contribution is 7.89. The molecule has 11 heteroatoms. The third-order valence-corrected chi connectivity index (χ3v) is 4.30. The summed E-state index contributed by atoms with van der Waals surface area (Å²) in [6.07, 6.45) is 0. The molecule has 134 valence electrons. The molecule has 0 amide bonds. The Labute approximate surface area is 147 Å². The van der Waals surface area contributed by atoms with Crippen LogP contribution in [-0.4, -0.2) is 29.1 Å². The molecule has 1 heterocycles. The summed E-state index contributed by atoms with van der Waals surface area (Å²) in [5.41, 5.74) is 5.91. The third kappa shape index (κ3) is 3.53. The van der Waals surface area contributed by atoms with Crippen LogP contribution in [0, 0.1) is 5.82 Å². The van der Waals surface area contributed by atoms with Gasteiger partial charge in [-0.05, 0) is 36.4 Å². The second-order valence-electron chi connectivity index (χ2n) is 5.18. The number of nitrogens with one attached hydrogen (secondary N) is 1. The molecule has 9 nitrogen and oxygen atoms in total. The van der Waals surface area contributed by atoms with E-state index in [2.05, 4.69) is 15.4 Å². The number of nitrogens with two attached hydrogens (primary N) is 2. The van der Waals surface area contributed by atoms with Gasteiger partial charge in [-0.25, -0.2) is 17.9 Å². The molecule has 1 aromatic heterocycles. The number of sulfonamides is 1. The Morgan fingerprint density at radius 2 is 1.77 bits per heavy atom.